The number of amides is 2. The number of carboxylic acid groups (broad SMARTS) is 1. The Morgan fingerprint density at radius 1 is 0.833 bits per heavy atom. The molecule has 23 heteroatoms. The quantitative estimate of drug-likeness (QED) is 0.0508. The number of ether oxygens (including phenoxy) is 5. The van der Waals surface area contributed by atoms with Gasteiger partial charge in [-0.3, -0.25) is 28.2 Å². The molecule has 4 aliphatic rings. The van der Waals surface area contributed by atoms with Crippen LogP contribution in [0.5, 0.6) is 5.75 Å². The molecule has 3 heterocycles. The molecule has 498 valence electrons. The number of benzene rings is 2. The minimum absolute atomic E-state index is 0.0193. The summed E-state index contributed by atoms with van der Waals surface area (Å²) in [6.45, 7) is 13.8. The first-order chi connectivity index (χ1) is 42.4. The van der Waals surface area contributed by atoms with Crippen molar-refractivity contribution in [3.05, 3.63) is 101 Å². The van der Waals surface area contributed by atoms with Gasteiger partial charge in [-0.2, -0.15) is 8.42 Å². The summed E-state index contributed by atoms with van der Waals surface area (Å²) in [7, 11) is 0.442. The maximum atomic E-state index is 14.4. The Kier molecular flexibility index (Phi) is 28.5. The third-order valence-electron chi connectivity index (χ3n) is 17.6. The number of allylic oxidation sites excluding steroid dienone is 6. The first-order valence-electron chi connectivity index (χ1n) is 30.9. The van der Waals surface area contributed by atoms with E-state index in [-0.39, 0.29) is 71.0 Å². The monoisotopic (exact) mass is 1280 g/mol. The molecule has 1 aliphatic carbocycles. The molecule has 0 spiro atoms. The summed E-state index contributed by atoms with van der Waals surface area (Å²) in [6, 6.07) is 8.20. The van der Waals surface area contributed by atoms with E-state index in [9.17, 15) is 62.4 Å². The fourth-order valence-electron chi connectivity index (χ4n) is 12.0. The number of phenols is 1. The number of nitrogens with zero attached hydrogens (tertiary/aromatic N) is 1. The number of fused-ring (bicyclic) bond motifs is 3. The largest absolute Gasteiger partial charge is 0.507 e. The number of aryl methyl sites for hydroxylation is 1. The third kappa shape index (κ3) is 20.6. The predicted octanol–water partition coefficient (Wildman–Crippen LogP) is 7.92. The van der Waals surface area contributed by atoms with Gasteiger partial charge in [-0.05, 0) is 138 Å². The number of hydrogen-bond donors (Lipinski definition) is 6. The molecule has 1 saturated carbocycles. The SMILES string of the molecule is CO[C@H]1C[C@@H]2CC[C@@H](C)[C@@](O)(O2)C(=O)C(=O)N2CCCC[C@H]2C(=O)O[C@H]([C@H](C)C[C@@H]2CC[C@@H](O)[C@H](OC)C2)CC(=O)[C@H](C)/C=C(\C)[C@@H](O)[C@@H](OC)C(=O)[C@H](C)C[C@H](C)/C=C/C=C/C=C/1C.Cc1ccc(S(=O)(=O)OCC(=O)Nc2ccc(C(=O)O)c(O)c2)cc1. The second-order valence-corrected chi connectivity index (χ2v) is 26.3. The lowest BCUT2D eigenvalue weighted by molar-refractivity contribution is -0.265. The summed E-state index contributed by atoms with van der Waals surface area (Å²) in [6.07, 6.45) is 11.2. The molecular formula is C67H94N2O20S. The van der Waals surface area contributed by atoms with Gasteiger partial charge in [0.15, 0.2) is 5.78 Å². The Labute approximate surface area is 529 Å². The molecule has 0 radical (unpaired) electrons. The number of piperidine rings is 1. The van der Waals surface area contributed by atoms with Crippen LogP contribution in [0.3, 0.4) is 0 Å². The number of cyclic esters (lactones) is 1. The van der Waals surface area contributed by atoms with E-state index in [4.69, 9.17) is 28.8 Å². The number of hydrogen-bond acceptors (Lipinski definition) is 19. The van der Waals surface area contributed by atoms with Crippen LogP contribution in [0, 0.1) is 42.4 Å². The number of esters is 1. The van der Waals surface area contributed by atoms with Gasteiger partial charge in [0.1, 0.15) is 48.1 Å². The Balaban J connectivity index is 0.000000489. The number of carbonyl (C=O) groups excluding carboxylic acids is 6. The van der Waals surface area contributed by atoms with Crippen molar-refractivity contribution in [3.8, 4) is 5.75 Å². The van der Waals surface area contributed by atoms with Crippen molar-refractivity contribution in [2.45, 2.75) is 192 Å². The van der Waals surface area contributed by atoms with Crippen LogP contribution >= 0.6 is 0 Å². The van der Waals surface area contributed by atoms with E-state index in [0.717, 1.165) is 29.7 Å². The van der Waals surface area contributed by atoms with Gasteiger partial charge >= 0.3 is 11.9 Å². The molecule has 3 fully saturated rings. The third-order valence-corrected chi connectivity index (χ3v) is 18.9. The predicted molar refractivity (Wildman–Crippen MR) is 333 cm³/mol. The van der Waals surface area contributed by atoms with Crippen molar-refractivity contribution in [1.29, 1.82) is 0 Å². The second-order valence-electron chi connectivity index (χ2n) is 24.7. The van der Waals surface area contributed by atoms with Gasteiger partial charge in [0.05, 0.1) is 29.3 Å². The summed E-state index contributed by atoms with van der Waals surface area (Å²) in [5.74, 6) is -10.6. The molecule has 2 aromatic carbocycles. The van der Waals surface area contributed by atoms with E-state index in [1.54, 1.807) is 60.1 Å². The van der Waals surface area contributed by atoms with E-state index in [0.29, 0.717) is 63.4 Å². The Bertz CT molecular complexity index is 3050. The zero-order chi connectivity index (χ0) is 66.8. The van der Waals surface area contributed by atoms with E-state index < -0.39 is 118 Å². The molecule has 2 bridgehead atoms. The standard InChI is InChI=1S/C51H79NO13.C16H15NO7S/c1-30-16-12-11-13-17-31(2)42(61-8)28-38-21-19-36(7)51(60,65-38)48(57)49(58)52-23-15-14-18-39(52)50(59)64-43(33(4)26-37-20-22-40(53)44(27-37)62-9)29-41(54)32(3)25-35(6)46(56)47(63-10)45(55)34(5)24-30;1-10-2-5-12(6-3-10)25(22,23)24-9-15(19)17-11-4-7-13(16(20)21)14(18)8-11/h11-13,16-17,25,30,32-34,36-40,42-44,46-47,53,56,60H,14-15,18-24,26-29H2,1-10H3;2-8,18H,9H2,1H3,(H,17,19)(H,20,21)/b13-11+,16-12+,31-17+,35-25+;/t30-,32-,33-,34-,36-,37+,38+,39+,40-,42+,43+,44-,46-,47+,51-;/m1./s1. The molecule has 2 aromatic rings. The van der Waals surface area contributed by atoms with Crippen LogP contribution in [0.15, 0.2) is 95.0 Å². The molecule has 22 nitrogen and oxygen atoms in total. The van der Waals surface area contributed by atoms with Crippen LogP contribution in [0.1, 0.15) is 141 Å². The summed E-state index contributed by atoms with van der Waals surface area (Å²) < 4.78 is 58.0. The van der Waals surface area contributed by atoms with Crippen molar-refractivity contribution in [2.24, 2.45) is 35.5 Å². The first kappa shape index (κ1) is 74.4. The van der Waals surface area contributed by atoms with Crippen molar-refractivity contribution >= 4 is 56.9 Å². The van der Waals surface area contributed by atoms with Crippen LogP contribution in [-0.4, -0.2) is 169 Å². The van der Waals surface area contributed by atoms with Gasteiger partial charge in [0, 0.05) is 70.2 Å². The summed E-state index contributed by atoms with van der Waals surface area (Å²) in [4.78, 5) is 94.3. The van der Waals surface area contributed by atoms with Gasteiger partial charge in [-0.25, -0.2) is 9.59 Å². The van der Waals surface area contributed by atoms with Gasteiger partial charge in [0.2, 0.25) is 5.79 Å². The van der Waals surface area contributed by atoms with Crippen LogP contribution < -0.4 is 5.32 Å². The van der Waals surface area contributed by atoms with Gasteiger partial charge in [0.25, 0.3) is 27.7 Å². The molecule has 2 amide bonds. The van der Waals surface area contributed by atoms with Gasteiger partial charge in [-0.1, -0.05) is 88.8 Å². The normalized spacial score (nSPS) is 32.3. The maximum Gasteiger partial charge on any atom is 0.339 e. The van der Waals surface area contributed by atoms with Crippen molar-refractivity contribution in [3.63, 3.8) is 0 Å². The number of aromatic hydroxyl groups is 1. The van der Waals surface area contributed by atoms with E-state index in [1.165, 1.54) is 30.2 Å². The molecule has 2 saturated heterocycles. The number of aliphatic hydroxyl groups is 3. The van der Waals surface area contributed by atoms with E-state index >= 15 is 0 Å². The Morgan fingerprint density at radius 2 is 1.53 bits per heavy atom. The number of methoxy groups -OCH3 is 3. The van der Waals surface area contributed by atoms with Crippen molar-refractivity contribution in [1.82, 2.24) is 4.90 Å². The average Bonchev–Trinajstić information content (AvgIpc) is 0.798. The highest BCUT2D eigenvalue weighted by molar-refractivity contribution is 7.86. The topological polar surface area (TPSA) is 325 Å². The lowest BCUT2D eigenvalue weighted by Gasteiger charge is -2.42. The fourth-order valence-corrected chi connectivity index (χ4v) is 12.9. The minimum atomic E-state index is -4.08. The van der Waals surface area contributed by atoms with Crippen LogP contribution in [-0.2, 0) is 66.8 Å². The first-order valence-corrected chi connectivity index (χ1v) is 32.3. The Hall–Kier alpha value is -6.28. The van der Waals surface area contributed by atoms with Crippen LogP contribution in [0.25, 0.3) is 0 Å². The smallest absolute Gasteiger partial charge is 0.339 e. The number of rotatable bonds is 12. The maximum absolute atomic E-state index is 14.4. The molecular weight excluding hydrogens is 1180 g/mol. The number of carboxylic acids is 1. The molecule has 90 heavy (non-hydrogen) atoms. The number of Topliss-reactive ketones (excluding diaryl/α,β-unsaturated/α-hetero) is 3. The second kappa shape index (κ2) is 34.4. The lowest BCUT2D eigenvalue weighted by Crippen LogP contribution is -2.61. The highest BCUT2D eigenvalue weighted by Gasteiger charge is 2.53. The molecule has 0 aromatic heterocycles. The summed E-state index contributed by atoms with van der Waals surface area (Å²) in [5.41, 5.74) is 1.92. The fraction of sp³-hybridized carbons (Fsp3) is 0.597. The number of anilines is 1. The number of aliphatic hydroxyl groups excluding tert-OH is 2. The van der Waals surface area contributed by atoms with E-state index in [2.05, 4.69) is 9.50 Å². The zero-order valence-corrected chi connectivity index (χ0v) is 54.5. The zero-order valence-electron chi connectivity index (χ0n) is 53.7. The van der Waals surface area contributed by atoms with Gasteiger partial charge < -0.3 is 59.4 Å². The lowest BCUT2D eigenvalue weighted by atomic mass is 9.78. The molecule has 0 unspecified atom stereocenters. The molecule has 6 rings (SSSR count). The highest BCUT2D eigenvalue weighted by Crippen LogP contribution is 2.38. The molecule has 15 atom stereocenters. The number of ketones is 3. The van der Waals surface area contributed by atoms with Crippen LogP contribution in [0.2, 0.25) is 0 Å². The molecule has 6 N–H and O–H groups in total. The van der Waals surface area contributed by atoms with E-state index in [1.807, 2.05) is 58.1 Å². The highest BCUT2D eigenvalue weighted by atomic mass is 32.2. The van der Waals surface area contributed by atoms with Crippen LogP contribution in [0.4, 0.5) is 5.69 Å². The average molecular weight is 1280 g/mol. The molecule has 3 aliphatic heterocycles. The number of nitrogens with one attached hydrogen (secondary N) is 1. The Morgan fingerprint density at radius 3 is 2.18 bits per heavy atom. The summed E-state index contributed by atoms with van der Waals surface area (Å²) in [5, 5.41) is 54.5. The summed E-state index contributed by atoms with van der Waals surface area (Å²) >= 11 is 0. The van der Waals surface area contributed by atoms with Gasteiger partial charge in [-0.15, -0.1) is 0 Å². The number of carbonyl (C=O) groups is 7. The van der Waals surface area contributed by atoms with Crippen molar-refractivity contribution in [2.75, 3.05) is 39.8 Å². The number of aromatic carboxylic acids is 1. The van der Waals surface area contributed by atoms with Crippen molar-refractivity contribution < 1.29 is 95.4 Å². The minimum Gasteiger partial charge on any atom is -0.507 e.